The van der Waals surface area contributed by atoms with Gasteiger partial charge in [-0.05, 0) is 55.3 Å². The third-order valence-electron chi connectivity index (χ3n) is 3.47. The number of aryl methyl sites for hydroxylation is 1. The Bertz CT molecular complexity index is 576. The van der Waals surface area contributed by atoms with Crippen molar-refractivity contribution < 1.29 is 0 Å². The van der Waals surface area contributed by atoms with Crippen LogP contribution in [0.2, 0.25) is 0 Å². The summed E-state index contributed by atoms with van der Waals surface area (Å²) in [5.41, 5.74) is 4.94. The lowest BCUT2D eigenvalue weighted by molar-refractivity contribution is 0.882. The Kier molecular flexibility index (Phi) is 4.71. The summed E-state index contributed by atoms with van der Waals surface area (Å²) in [7, 11) is 4.11. The maximum atomic E-state index is 3.57. The van der Waals surface area contributed by atoms with Crippen molar-refractivity contribution in [3.8, 4) is 0 Å². The van der Waals surface area contributed by atoms with E-state index in [0.29, 0.717) is 0 Å². The van der Waals surface area contributed by atoms with Gasteiger partial charge in [0.2, 0.25) is 0 Å². The van der Waals surface area contributed by atoms with E-state index in [-0.39, 0.29) is 6.04 Å². The Hall–Kier alpha value is -1.48. The van der Waals surface area contributed by atoms with E-state index < -0.39 is 0 Å². The van der Waals surface area contributed by atoms with Crippen LogP contribution in [0, 0.1) is 6.92 Å². The van der Waals surface area contributed by atoms with E-state index in [1.807, 2.05) is 0 Å². The van der Waals surface area contributed by atoms with E-state index in [4.69, 9.17) is 0 Å². The van der Waals surface area contributed by atoms with Crippen LogP contribution >= 0.6 is 15.9 Å². The lowest BCUT2D eigenvalue weighted by Gasteiger charge is -2.19. The molecule has 0 aliphatic rings. The number of hydrogen-bond acceptors (Lipinski definition) is 2. The van der Waals surface area contributed by atoms with Gasteiger partial charge in [0.15, 0.2) is 0 Å². The molecule has 2 nitrogen and oxygen atoms in total. The standard InChI is InChI=1S/C17H21BrN2/c1-12-11-15(18)7-10-17(12)19-13(2)14-5-8-16(9-6-14)20(3)4/h5-11,13,19H,1-4H3. The van der Waals surface area contributed by atoms with Gasteiger partial charge in [-0.15, -0.1) is 0 Å². The largest absolute Gasteiger partial charge is 0.378 e. The van der Waals surface area contributed by atoms with Crippen LogP contribution in [0.1, 0.15) is 24.1 Å². The molecule has 2 aromatic rings. The highest BCUT2D eigenvalue weighted by Crippen LogP contribution is 2.25. The van der Waals surface area contributed by atoms with Gasteiger partial charge in [-0.2, -0.15) is 0 Å². The van der Waals surface area contributed by atoms with Crippen molar-refractivity contribution in [2.45, 2.75) is 19.9 Å². The normalized spacial score (nSPS) is 12.1. The molecule has 0 aromatic heterocycles. The van der Waals surface area contributed by atoms with Crippen molar-refractivity contribution in [2.75, 3.05) is 24.3 Å². The number of halogens is 1. The van der Waals surface area contributed by atoms with Gasteiger partial charge in [0, 0.05) is 36.0 Å². The average molecular weight is 333 g/mol. The highest BCUT2D eigenvalue weighted by Gasteiger charge is 2.07. The molecule has 20 heavy (non-hydrogen) atoms. The second-order valence-corrected chi connectivity index (χ2v) is 6.23. The Labute approximate surface area is 129 Å². The molecule has 1 N–H and O–H groups in total. The highest BCUT2D eigenvalue weighted by atomic mass is 79.9. The predicted octanol–water partition coefficient (Wildman–Crippen LogP) is 5.00. The molecule has 1 unspecified atom stereocenters. The molecule has 0 aliphatic heterocycles. The number of nitrogens with one attached hydrogen (secondary N) is 1. The van der Waals surface area contributed by atoms with Crippen molar-refractivity contribution in [3.63, 3.8) is 0 Å². The minimum Gasteiger partial charge on any atom is -0.378 e. The van der Waals surface area contributed by atoms with Crippen molar-refractivity contribution in [2.24, 2.45) is 0 Å². The van der Waals surface area contributed by atoms with Crippen molar-refractivity contribution in [1.82, 2.24) is 0 Å². The molecule has 106 valence electrons. The van der Waals surface area contributed by atoms with Crippen LogP contribution in [-0.4, -0.2) is 14.1 Å². The number of anilines is 2. The summed E-state index contributed by atoms with van der Waals surface area (Å²) >= 11 is 3.50. The van der Waals surface area contributed by atoms with Crippen LogP contribution in [0.3, 0.4) is 0 Å². The Balaban J connectivity index is 2.13. The first-order chi connectivity index (χ1) is 9.47. The molecular formula is C17H21BrN2. The van der Waals surface area contributed by atoms with Gasteiger partial charge in [-0.3, -0.25) is 0 Å². The van der Waals surface area contributed by atoms with Gasteiger partial charge in [0.25, 0.3) is 0 Å². The van der Waals surface area contributed by atoms with E-state index in [9.17, 15) is 0 Å². The lowest BCUT2D eigenvalue weighted by atomic mass is 10.1. The van der Waals surface area contributed by atoms with E-state index in [2.05, 4.69) is 96.6 Å². The molecule has 0 fully saturated rings. The van der Waals surface area contributed by atoms with Gasteiger partial charge in [0.1, 0.15) is 0 Å². The zero-order valence-corrected chi connectivity index (χ0v) is 14.0. The smallest absolute Gasteiger partial charge is 0.0485 e. The van der Waals surface area contributed by atoms with Crippen LogP contribution in [0.5, 0.6) is 0 Å². The molecule has 0 saturated heterocycles. The molecule has 2 rings (SSSR count). The molecule has 0 bridgehead atoms. The monoisotopic (exact) mass is 332 g/mol. The Morgan fingerprint density at radius 3 is 2.25 bits per heavy atom. The molecule has 0 saturated carbocycles. The Morgan fingerprint density at radius 2 is 1.70 bits per heavy atom. The summed E-state index contributed by atoms with van der Waals surface area (Å²) < 4.78 is 1.11. The molecule has 0 spiro atoms. The van der Waals surface area contributed by atoms with Crippen LogP contribution in [-0.2, 0) is 0 Å². The van der Waals surface area contributed by atoms with E-state index in [0.717, 1.165) is 4.47 Å². The quantitative estimate of drug-likeness (QED) is 0.847. The minimum absolute atomic E-state index is 0.283. The van der Waals surface area contributed by atoms with Gasteiger partial charge < -0.3 is 10.2 Å². The second kappa shape index (κ2) is 6.31. The summed E-state index contributed by atoms with van der Waals surface area (Å²) in [6.45, 7) is 4.31. The molecule has 0 aliphatic carbocycles. The summed E-state index contributed by atoms with van der Waals surface area (Å²) in [5.74, 6) is 0. The SMILES string of the molecule is Cc1cc(Br)ccc1NC(C)c1ccc(N(C)C)cc1. The summed E-state index contributed by atoms with van der Waals surface area (Å²) in [5, 5.41) is 3.57. The zero-order chi connectivity index (χ0) is 14.7. The van der Waals surface area contributed by atoms with Crippen molar-refractivity contribution in [1.29, 1.82) is 0 Å². The minimum atomic E-state index is 0.283. The first-order valence-corrected chi connectivity index (χ1v) is 7.56. The zero-order valence-electron chi connectivity index (χ0n) is 12.4. The third kappa shape index (κ3) is 3.54. The molecule has 0 radical (unpaired) electrons. The van der Waals surface area contributed by atoms with Crippen molar-refractivity contribution >= 4 is 27.3 Å². The predicted molar refractivity (Wildman–Crippen MR) is 91.7 cm³/mol. The number of rotatable bonds is 4. The lowest BCUT2D eigenvalue weighted by Crippen LogP contribution is -2.10. The summed E-state index contributed by atoms with van der Waals surface area (Å²) in [4.78, 5) is 2.11. The van der Waals surface area contributed by atoms with Crippen LogP contribution in [0.4, 0.5) is 11.4 Å². The second-order valence-electron chi connectivity index (χ2n) is 5.31. The first-order valence-electron chi connectivity index (χ1n) is 6.77. The molecule has 3 heteroatoms. The van der Waals surface area contributed by atoms with E-state index >= 15 is 0 Å². The summed E-state index contributed by atoms with van der Waals surface area (Å²) in [6.07, 6.45) is 0. The van der Waals surface area contributed by atoms with Crippen LogP contribution in [0.15, 0.2) is 46.9 Å². The van der Waals surface area contributed by atoms with Crippen LogP contribution < -0.4 is 10.2 Å². The Morgan fingerprint density at radius 1 is 1.05 bits per heavy atom. The first kappa shape index (κ1) is 14.9. The highest BCUT2D eigenvalue weighted by molar-refractivity contribution is 9.10. The maximum absolute atomic E-state index is 3.57. The molecule has 0 heterocycles. The number of hydrogen-bond donors (Lipinski definition) is 1. The third-order valence-corrected chi connectivity index (χ3v) is 3.96. The van der Waals surface area contributed by atoms with Gasteiger partial charge in [-0.25, -0.2) is 0 Å². The fraction of sp³-hybridized carbons (Fsp3) is 0.294. The fourth-order valence-corrected chi connectivity index (χ4v) is 2.64. The topological polar surface area (TPSA) is 15.3 Å². The van der Waals surface area contributed by atoms with Gasteiger partial charge >= 0.3 is 0 Å². The molecular weight excluding hydrogens is 312 g/mol. The van der Waals surface area contributed by atoms with Gasteiger partial charge in [0.05, 0.1) is 0 Å². The number of benzene rings is 2. The fourth-order valence-electron chi connectivity index (χ4n) is 2.17. The summed E-state index contributed by atoms with van der Waals surface area (Å²) in [6, 6.07) is 15.3. The van der Waals surface area contributed by atoms with E-state index in [1.54, 1.807) is 0 Å². The van der Waals surface area contributed by atoms with Gasteiger partial charge in [-0.1, -0.05) is 28.1 Å². The van der Waals surface area contributed by atoms with Crippen LogP contribution in [0.25, 0.3) is 0 Å². The van der Waals surface area contributed by atoms with Crippen molar-refractivity contribution in [3.05, 3.63) is 58.1 Å². The molecule has 0 amide bonds. The molecule has 1 atom stereocenters. The van der Waals surface area contributed by atoms with E-state index in [1.165, 1.54) is 22.5 Å². The molecule has 2 aromatic carbocycles. The number of nitrogens with zero attached hydrogens (tertiary/aromatic N) is 1. The maximum Gasteiger partial charge on any atom is 0.0485 e. The average Bonchev–Trinajstić information content (AvgIpc) is 2.42.